The van der Waals surface area contributed by atoms with Crippen molar-refractivity contribution in [2.24, 2.45) is 11.8 Å². The first-order valence-electron chi connectivity index (χ1n) is 9.95. The van der Waals surface area contributed by atoms with E-state index in [1.807, 2.05) is 27.7 Å². The summed E-state index contributed by atoms with van der Waals surface area (Å²) in [6.45, 7) is 7.50. The lowest BCUT2D eigenvalue weighted by molar-refractivity contribution is -0.156. The standard InChI is InChI=1S/C22H30N2O5S/c1-14(2)10-17(23-19(25)11-15(3)4)21(27)24(20(26)13-30)18(22(28)29)12-16-8-6-5-7-9-16/h5-9,13-15,17-18H,10-12H2,1-4H3,(H,23,25)(H,28,29)/t17-,18-/m0/s1. The maximum Gasteiger partial charge on any atom is 0.327 e. The predicted octanol–water partition coefficient (Wildman–Crippen LogP) is 2.61. The van der Waals surface area contributed by atoms with E-state index in [0.717, 1.165) is 5.37 Å². The normalized spacial score (nSPS) is 12.9. The Morgan fingerprint density at radius 1 is 1.07 bits per heavy atom. The molecule has 0 radical (unpaired) electrons. The Bertz CT molecular complexity index is 764. The van der Waals surface area contributed by atoms with Gasteiger partial charge >= 0.3 is 5.97 Å². The molecule has 0 heterocycles. The van der Waals surface area contributed by atoms with Crippen LogP contribution in [0.25, 0.3) is 0 Å². The van der Waals surface area contributed by atoms with Crippen LogP contribution >= 0.6 is 12.2 Å². The number of carbonyl (C=O) groups excluding carboxylic acids is 3. The second kappa shape index (κ2) is 12.2. The van der Waals surface area contributed by atoms with Crippen LogP contribution in [0.1, 0.15) is 46.1 Å². The Kier molecular flexibility index (Phi) is 10.3. The van der Waals surface area contributed by atoms with Crippen LogP contribution < -0.4 is 5.32 Å². The van der Waals surface area contributed by atoms with Crippen molar-refractivity contribution in [1.82, 2.24) is 10.2 Å². The van der Waals surface area contributed by atoms with Crippen LogP contribution in [0.3, 0.4) is 0 Å². The van der Waals surface area contributed by atoms with Gasteiger partial charge in [0.25, 0.3) is 11.8 Å². The fraction of sp³-hybridized carbons (Fsp3) is 0.500. The molecule has 0 aliphatic rings. The molecule has 30 heavy (non-hydrogen) atoms. The summed E-state index contributed by atoms with van der Waals surface area (Å²) in [5.41, 5.74) is 0.657. The Hall–Kier alpha value is -2.61. The van der Waals surface area contributed by atoms with Gasteiger partial charge in [-0.15, -0.1) is 0 Å². The number of hydrogen-bond acceptors (Lipinski definition) is 5. The van der Waals surface area contributed by atoms with Crippen LogP contribution in [-0.4, -0.2) is 51.1 Å². The van der Waals surface area contributed by atoms with Crippen LogP contribution in [0.5, 0.6) is 0 Å². The minimum absolute atomic E-state index is 0.0279. The van der Waals surface area contributed by atoms with Gasteiger partial charge in [-0.05, 0) is 23.8 Å². The lowest BCUT2D eigenvalue weighted by Crippen LogP contribution is -2.57. The number of carboxylic acids is 1. The predicted molar refractivity (Wildman–Crippen MR) is 118 cm³/mol. The van der Waals surface area contributed by atoms with Gasteiger partial charge in [0.1, 0.15) is 12.1 Å². The summed E-state index contributed by atoms with van der Waals surface area (Å²) >= 11 is 4.71. The van der Waals surface area contributed by atoms with E-state index in [-0.39, 0.29) is 37.0 Å². The van der Waals surface area contributed by atoms with E-state index < -0.39 is 29.9 Å². The zero-order chi connectivity index (χ0) is 22.8. The minimum atomic E-state index is -1.44. The number of benzene rings is 1. The van der Waals surface area contributed by atoms with Crippen molar-refractivity contribution >= 4 is 41.3 Å². The number of imide groups is 1. The second-order valence-electron chi connectivity index (χ2n) is 8.06. The van der Waals surface area contributed by atoms with Crippen LogP contribution in [0.15, 0.2) is 30.3 Å². The number of hydrogen-bond donors (Lipinski definition) is 2. The first-order valence-corrected chi connectivity index (χ1v) is 10.4. The summed E-state index contributed by atoms with van der Waals surface area (Å²) in [5, 5.41) is 13.2. The van der Waals surface area contributed by atoms with E-state index in [2.05, 4.69) is 5.32 Å². The fourth-order valence-electron chi connectivity index (χ4n) is 3.08. The van der Waals surface area contributed by atoms with E-state index in [9.17, 15) is 24.3 Å². The molecule has 2 atom stereocenters. The first kappa shape index (κ1) is 25.4. The number of nitrogens with zero attached hydrogens (tertiary/aromatic N) is 1. The highest BCUT2D eigenvalue weighted by atomic mass is 32.1. The van der Waals surface area contributed by atoms with Gasteiger partial charge in [0.2, 0.25) is 5.91 Å². The van der Waals surface area contributed by atoms with Crippen molar-refractivity contribution in [3.05, 3.63) is 35.9 Å². The van der Waals surface area contributed by atoms with Gasteiger partial charge in [0.05, 0.1) is 5.37 Å². The third kappa shape index (κ3) is 8.02. The van der Waals surface area contributed by atoms with Gasteiger partial charge < -0.3 is 10.4 Å². The number of carboxylic acid groups (broad SMARTS) is 1. The maximum absolute atomic E-state index is 13.3. The molecule has 0 bridgehead atoms. The van der Waals surface area contributed by atoms with E-state index in [0.29, 0.717) is 10.5 Å². The van der Waals surface area contributed by atoms with Crippen LogP contribution in [-0.2, 0) is 25.6 Å². The summed E-state index contributed by atoms with van der Waals surface area (Å²) in [4.78, 5) is 50.8. The average Bonchev–Trinajstić information content (AvgIpc) is 2.66. The van der Waals surface area contributed by atoms with Gasteiger partial charge in [0, 0.05) is 12.8 Å². The molecule has 0 unspecified atom stereocenters. The highest BCUT2D eigenvalue weighted by molar-refractivity contribution is 7.80. The summed E-state index contributed by atoms with van der Waals surface area (Å²) in [5.74, 6) is -3.19. The maximum atomic E-state index is 13.3. The largest absolute Gasteiger partial charge is 0.480 e. The molecule has 0 saturated heterocycles. The second-order valence-corrected chi connectivity index (χ2v) is 8.29. The SMILES string of the molecule is CC(C)CC(=O)N[C@@H](CC(C)C)C(=O)N(C(=O)C=S)[C@@H](Cc1ccccc1)C(=O)O. The third-order valence-corrected chi connectivity index (χ3v) is 4.58. The smallest absolute Gasteiger partial charge is 0.327 e. The molecule has 1 aromatic carbocycles. The van der Waals surface area contributed by atoms with Crippen LogP contribution in [0.4, 0.5) is 0 Å². The zero-order valence-electron chi connectivity index (χ0n) is 17.8. The molecule has 164 valence electrons. The van der Waals surface area contributed by atoms with Gasteiger partial charge in [-0.25, -0.2) is 4.79 Å². The van der Waals surface area contributed by atoms with Crippen LogP contribution in [0.2, 0.25) is 0 Å². The Labute approximate surface area is 182 Å². The molecule has 8 heteroatoms. The van der Waals surface area contributed by atoms with Crippen molar-refractivity contribution in [1.29, 1.82) is 0 Å². The molecule has 2 N–H and O–H groups in total. The van der Waals surface area contributed by atoms with Crippen LogP contribution in [0, 0.1) is 11.8 Å². The van der Waals surface area contributed by atoms with Crippen molar-refractivity contribution in [2.75, 3.05) is 0 Å². The van der Waals surface area contributed by atoms with E-state index in [1.54, 1.807) is 30.3 Å². The summed E-state index contributed by atoms with van der Waals surface area (Å²) in [6, 6.07) is 6.25. The molecule has 0 aromatic heterocycles. The fourth-order valence-corrected chi connectivity index (χ4v) is 3.20. The lowest BCUT2D eigenvalue weighted by Gasteiger charge is -2.31. The van der Waals surface area contributed by atoms with Gasteiger partial charge in [0.15, 0.2) is 0 Å². The molecule has 1 rings (SSSR count). The third-order valence-electron chi connectivity index (χ3n) is 4.38. The molecule has 0 aliphatic heterocycles. The zero-order valence-corrected chi connectivity index (χ0v) is 18.6. The molecule has 7 nitrogen and oxygen atoms in total. The number of rotatable bonds is 11. The Morgan fingerprint density at radius 3 is 2.13 bits per heavy atom. The molecular weight excluding hydrogens is 404 g/mol. The van der Waals surface area contributed by atoms with Crippen molar-refractivity contribution in [3.63, 3.8) is 0 Å². The highest BCUT2D eigenvalue weighted by Gasteiger charge is 2.38. The van der Waals surface area contributed by atoms with Gasteiger partial charge in [-0.3, -0.25) is 19.3 Å². The Morgan fingerprint density at radius 2 is 1.67 bits per heavy atom. The van der Waals surface area contributed by atoms with E-state index >= 15 is 0 Å². The minimum Gasteiger partial charge on any atom is -0.480 e. The topological polar surface area (TPSA) is 104 Å². The summed E-state index contributed by atoms with van der Waals surface area (Å²) in [7, 11) is 0. The van der Waals surface area contributed by atoms with Gasteiger partial charge in [-0.2, -0.15) is 0 Å². The molecular formula is C22H30N2O5S. The van der Waals surface area contributed by atoms with Crippen molar-refractivity contribution in [3.8, 4) is 0 Å². The molecule has 0 saturated carbocycles. The van der Waals surface area contributed by atoms with Crippen molar-refractivity contribution in [2.45, 2.75) is 59.0 Å². The number of carbonyl (C=O) groups is 4. The van der Waals surface area contributed by atoms with Gasteiger partial charge in [-0.1, -0.05) is 70.2 Å². The highest BCUT2D eigenvalue weighted by Crippen LogP contribution is 2.15. The molecule has 0 fully saturated rings. The van der Waals surface area contributed by atoms with Crippen molar-refractivity contribution < 1.29 is 24.3 Å². The first-order chi connectivity index (χ1) is 14.1. The monoisotopic (exact) mass is 434 g/mol. The lowest BCUT2D eigenvalue weighted by atomic mass is 9.99. The van der Waals surface area contributed by atoms with E-state index in [1.165, 1.54) is 0 Å². The molecule has 0 aliphatic carbocycles. The number of amides is 3. The van der Waals surface area contributed by atoms with E-state index in [4.69, 9.17) is 12.2 Å². The molecule has 0 spiro atoms. The summed E-state index contributed by atoms with van der Waals surface area (Å²) in [6.07, 6.45) is 0.419. The Balaban J connectivity index is 3.26. The number of aliphatic carboxylic acids is 1. The molecule has 3 amide bonds. The quantitative estimate of drug-likeness (QED) is 0.519. The molecule has 1 aromatic rings. The summed E-state index contributed by atoms with van der Waals surface area (Å²) < 4.78 is 0. The average molecular weight is 435 g/mol. The number of nitrogens with one attached hydrogen (secondary N) is 1. The number of thiocarbonyl (C=S) groups is 1.